The summed E-state index contributed by atoms with van der Waals surface area (Å²) in [6.07, 6.45) is -0.652. The molecule has 0 bridgehead atoms. The minimum Gasteiger partial charge on any atom is -0.479 e. The van der Waals surface area contributed by atoms with E-state index >= 15 is 0 Å². The summed E-state index contributed by atoms with van der Waals surface area (Å²) in [5.74, 6) is 0.345. The van der Waals surface area contributed by atoms with E-state index in [1.54, 1.807) is 30.0 Å². The first-order chi connectivity index (χ1) is 12.9. The van der Waals surface area contributed by atoms with E-state index in [-0.39, 0.29) is 5.91 Å². The number of hydrogen-bond donors (Lipinski definition) is 1. The van der Waals surface area contributed by atoms with E-state index in [4.69, 9.17) is 45.3 Å². The number of nitrogens with two attached hydrogens (primary N) is 1. The zero-order valence-corrected chi connectivity index (χ0v) is 17.1. The van der Waals surface area contributed by atoms with Gasteiger partial charge in [-0.2, -0.15) is 0 Å². The first kappa shape index (κ1) is 19.9. The number of halogens is 3. The van der Waals surface area contributed by atoms with E-state index in [0.717, 1.165) is 5.69 Å². The minimum absolute atomic E-state index is 0.0900. The van der Waals surface area contributed by atoms with Crippen LogP contribution in [0.15, 0.2) is 36.4 Å². The molecule has 0 aromatic heterocycles. The van der Waals surface area contributed by atoms with Gasteiger partial charge in [0.1, 0.15) is 5.75 Å². The molecule has 144 valence electrons. The Bertz CT molecular complexity index is 819. The Hall–Kier alpha value is -1.82. The summed E-state index contributed by atoms with van der Waals surface area (Å²) in [7, 11) is 0. The van der Waals surface area contributed by atoms with Crippen molar-refractivity contribution >= 4 is 52.1 Å². The van der Waals surface area contributed by atoms with Crippen LogP contribution in [-0.2, 0) is 4.79 Å². The Labute approximate surface area is 173 Å². The molecule has 1 aliphatic rings. The molecule has 27 heavy (non-hydrogen) atoms. The molecular weight excluding hydrogens is 409 g/mol. The average molecular weight is 429 g/mol. The number of rotatable bonds is 4. The molecule has 1 fully saturated rings. The highest BCUT2D eigenvalue weighted by Crippen LogP contribution is 2.33. The summed E-state index contributed by atoms with van der Waals surface area (Å²) < 4.78 is 5.73. The summed E-state index contributed by atoms with van der Waals surface area (Å²) in [5, 5.41) is 1.51. The molecule has 1 heterocycles. The van der Waals surface area contributed by atoms with Crippen molar-refractivity contribution in [3.8, 4) is 5.75 Å². The monoisotopic (exact) mass is 427 g/mol. The number of nitrogen functional groups attached to an aromatic ring is 1. The van der Waals surface area contributed by atoms with Gasteiger partial charge in [0.2, 0.25) is 0 Å². The number of anilines is 2. The van der Waals surface area contributed by atoms with Crippen LogP contribution in [-0.4, -0.2) is 43.1 Å². The highest BCUT2D eigenvalue weighted by molar-refractivity contribution is 6.35. The number of nitrogens with zero attached hydrogens (tertiary/aromatic N) is 2. The van der Waals surface area contributed by atoms with Crippen LogP contribution < -0.4 is 15.4 Å². The fourth-order valence-corrected chi connectivity index (χ4v) is 3.84. The molecule has 2 aromatic rings. The number of benzene rings is 2. The van der Waals surface area contributed by atoms with Crippen LogP contribution in [0.5, 0.6) is 5.75 Å². The number of carbonyl (C=O) groups excluding carboxylic acids is 1. The van der Waals surface area contributed by atoms with Crippen LogP contribution in [0.25, 0.3) is 0 Å². The lowest BCUT2D eigenvalue weighted by atomic mass is 10.2. The molecule has 0 unspecified atom stereocenters. The normalized spacial score (nSPS) is 15.6. The molecule has 3 rings (SSSR count). The lowest BCUT2D eigenvalue weighted by molar-refractivity contribution is -0.138. The van der Waals surface area contributed by atoms with Crippen molar-refractivity contribution in [2.24, 2.45) is 0 Å². The summed E-state index contributed by atoms with van der Waals surface area (Å²) >= 11 is 18.3. The highest BCUT2D eigenvalue weighted by atomic mass is 35.5. The predicted octanol–water partition coefficient (Wildman–Crippen LogP) is 4.35. The zero-order valence-electron chi connectivity index (χ0n) is 14.8. The highest BCUT2D eigenvalue weighted by Gasteiger charge is 2.27. The van der Waals surface area contributed by atoms with Crippen molar-refractivity contribution in [1.29, 1.82) is 0 Å². The van der Waals surface area contributed by atoms with Gasteiger partial charge >= 0.3 is 0 Å². The molecule has 2 aromatic carbocycles. The second-order valence-electron chi connectivity index (χ2n) is 6.32. The van der Waals surface area contributed by atoms with Crippen molar-refractivity contribution in [2.75, 3.05) is 36.8 Å². The maximum Gasteiger partial charge on any atom is 0.263 e. The van der Waals surface area contributed by atoms with Crippen LogP contribution in [0.3, 0.4) is 0 Å². The van der Waals surface area contributed by atoms with Gasteiger partial charge in [-0.15, -0.1) is 0 Å². The van der Waals surface area contributed by atoms with E-state index in [9.17, 15) is 4.79 Å². The molecule has 5 nitrogen and oxygen atoms in total. The van der Waals surface area contributed by atoms with Crippen LogP contribution in [0.2, 0.25) is 15.1 Å². The number of amides is 1. The second kappa shape index (κ2) is 8.46. The third-order valence-corrected chi connectivity index (χ3v) is 5.31. The van der Waals surface area contributed by atoms with Crippen molar-refractivity contribution in [3.63, 3.8) is 0 Å². The van der Waals surface area contributed by atoms with Crippen LogP contribution >= 0.6 is 34.8 Å². The minimum atomic E-state index is -0.652. The largest absolute Gasteiger partial charge is 0.479 e. The topological polar surface area (TPSA) is 58.8 Å². The molecular formula is C19H20Cl3N3O2. The second-order valence-corrected chi connectivity index (χ2v) is 7.58. The number of hydrogen-bond acceptors (Lipinski definition) is 4. The first-order valence-electron chi connectivity index (χ1n) is 8.56. The van der Waals surface area contributed by atoms with Crippen molar-refractivity contribution in [1.82, 2.24) is 4.90 Å². The van der Waals surface area contributed by atoms with E-state index < -0.39 is 6.10 Å². The summed E-state index contributed by atoms with van der Waals surface area (Å²) in [5.41, 5.74) is 7.52. The van der Waals surface area contributed by atoms with E-state index in [1.807, 2.05) is 18.2 Å². The van der Waals surface area contributed by atoms with Crippen LogP contribution in [0.1, 0.15) is 6.92 Å². The lowest BCUT2D eigenvalue weighted by Crippen LogP contribution is -2.52. The number of carbonyl (C=O) groups is 1. The van der Waals surface area contributed by atoms with Gasteiger partial charge in [0.15, 0.2) is 6.10 Å². The molecule has 1 aliphatic heterocycles. The molecule has 1 amide bonds. The molecule has 1 saturated heterocycles. The first-order valence-corrected chi connectivity index (χ1v) is 9.69. The quantitative estimate of drug-likeness (QED) is 0.736. The van der Waals surface area contributed by atoms with Gasteiger partial charge < -0.3 is 20.3 Å². The number of para-hydroxylation sites is 1. The Balaban J connectivity index is 1.61. The summed E-state index contributed by atoms with van der Waals surface area (Å²) in [6, 6.07) is 10.4. The van der Waals surface area contributed by atoms with E-state index in [0.29, 0.717) is 52.7 Å². The van der Waals surface area contributed by atoms with Crippen LogP contribution in [0.4, 0.5) is 11.4 Å². The third kappa shape index (κ3) is 4.54. The maximum atomic E-state index is 12.7. The molecule has 2 N–H and O–H groups in total. The fraction of sp³-hybridized carbons (Fsp3) is 0.316. The van der Waals surface area contributed by atoms with Gasteiger partial charge in [-0.1, -0.05) is 40.9 Å². The summed E-state index contributed by atoms with van der Waals surface area (Å²) in [6.45, 7) is 4.13. The van der Waals surface area contributed by atoms with Gasteiger partial charge in [0.25, 0.3) is 5.91 Å². The standard InChI is InChI=1S/C19H20Cl3N3O2/c1-12(27-17-6-5-13(20)11-15(17)22)19(26)25-9-7-24(8-10-25)18-14(21)3-2-4-16(18)23/h2-6,11-12H,7-10,23H2,1H3/t12-/m0/s1. The van der Waals surface area contributed by atoms with Crippen molar-refractivity contribution < 1.29 is 9.53 Å². The predicted molar refractivity (Wildman–Crippen MR) is 111 cm³/mol. The smallest absolute Gasteiger partial charge is 0.263 e. The molecule has 0 spiro atoms. The van der Waals surface area contributed by atoms with Gasteiger partial charge in [0.05, 0.1) is 21.4 Å². The molecule has 1 atom stereocenters. The van der Waals surface area contributed by atoms with Crippen LogP contribution in [0, 0.1) is 0 Å². The Morgan fingerprint density at radius 1 is 1.07 bits per heavy atom. The molecule has 0 radical (unpaired) electrons. The Kier molecular flexibility index (Phi) is 6.25. The van der Waals surface area contributed by atoms with E-state index in [1.165, 1.54) is 0 Å². The van der Waals surface area contributed by atoms with Gasteiger partial charge in [-0.3, -0.25) is 4.79 Å². The summed E-state index contributed by atoms with van der Waals surface area (Å²) in [4.78, 5) is 16.6. The SMILES string of the molecule is C[C@H](Oc1ccc(Cl)cc1Cl)C(=O)N1CCN(c2c(N)cccc2Cl)CC1. The lowest BCUT2D eigenvalue weighted by Gasteiger charge is -2.37. The fourth-order valence-electron chi connectivity index (χ4n) is 3.08. The number of piperazine rings is 1. The van der Waals surface area contributed by atoms with Gasteiger partial charge in [-0.25, -0.2) is 0 Å². The van der Waals surface area contributed by atoms with Gasteiger partial charge in [0, 0.05) is 31.2 Å². The Morgan fingerprint density at radius 3 is 2.41 bits per heavy atom. The molecule has 8 heteroatoms. The third-order valence-electron chi connectivity index (χ3n) is 4.47. The Morgan fingerprint density at radius 2 is 1.78 bits per heavy atom. The van der Waals surface area contributed by atoms with Crippen molar-refractivity contribution in [3.05, 3.63) is 51.5 Å². The number of ether oxygens (including phenoxy) is 1. The maximum absolute atomic E-state index is 12.7. The van der Waals surface area contributed by atoms with Gasteiger partial charge in [-0.05, 0) is 37.3 Å². The average Bonchev–Trinajstić information content (AvgIpc) is 2.64. The van der Waals surface area contributed by atoms with E-state index in [2.05, 4.69) is 4.90 Å². The zero-order chi connectivity index (χ0) is 19.6. The molecule has 0 aliphatic carbocycles. The molecule has 0 saturated carbocycles. The van der Waals surface area contributed by atoms with Crippen molar-refractivity contribution in [2.45, 2.75) is 13.0 Å².